The van der Waals surface area contributed by atoms with E-state index in [-0.39, 0.29) is 5.12 Å². The molecule has 10 heteroatoms. The van der Waals surface area contributed by atoms with E-state index in [0.29, 0.717) is 0 Å². The molecule has 0 radical (unpaired) electrons. The minimum atomic E-state index is -1.13. The van der Waals surface area contributed by atoms with Crippen LogP contribution in [0.1, 0.15) is 0 Å². The molecule has 60 valence electrons. The number of rotatable bonds is 3. The van der Waals surface area contributed by atoms with E-state index in [1.54, 1.807) is 0 Å². The van der Waals surface area contributed by atoms with Crippen LogP contribution in [0, 0.1) is 25.3 Å². The molecule has 0 amide bonds. The van der Waals surface area contributed by atoms with Crippen molar-refractivity contribution in [3.8, 4) is 0 Å². The first-order chi connectivity index (χ1) is 5.11. The lowest BCUT2D eigenvalue weighted by Crippen LogP contribution is -2.37. The molecular weight excluding hydrogens is 160 g/mol. The topological polar surface area (TPSA) is 141 Å². The van der Waals surface area contributed by atoms with Crippen LogP contribution in [0.4, 0.5) is 0 Å². The Hall–Kier alpha value is -2.13. The van der Waals surface area contributed by atoms with Crippen LogP contribution in [0.15, 0.2) is 10.6 Å². The van der Waals surface area contributed by atoms with Gasteiger partial charge in [0, 0.05) is 0 Å². The first kappa shape index (κ1) is 8.87. The Kier molecular flexibility index (Phi) is 3.07. The largest absolute Gasteiger partial charge is 0.302 e. The van der Waals surface area contributed by atoms with Gasteiger partial charge in [0.05, 0.1) is 10.6 Å². The molecule has 0 aliphatic carbocycles. The molecule has 0 aliphatic rings. The number of guanidine groups is 1. The first-order valence-electron chi connectivity index (χ1n) is 2.08. The van der Waals surface area contributed by atoms with E-state index in [0.717, 1.165) is 0 Å². The summed E-state index contributed by atoms with van der Waals surface area (Å²) in [5.74, 6) is -1.12. The van der Waals surface area contributed by atoms with Crippen molar-refractivity contribution < 1.29 is 5.03 Å². The van der Waals surface area contributed by atoms with Crippen LogP contribution in [0.2, 0.25) is 0 Å². The zero-order chi connectivity index (χ0) is 8.85. The third kappa shape index (κ3) is 2.78. The van der Waals surface area contributed by atoms with E-state index < -0.39 is 11.0 Å². The third-order valence-corrected chi connectivity index (χ3v) is 0.552. The number of nitrogens with one attached hydrogen (secondary N) is 2. The van der Waals surface area contributed by atoms with Gasteiger partial charge in [-0.2, -0.15) is 0 Å². The Bertz CT molecular complexity index is 191. The van der Waals surface area contributed by atoms with Crippen LogP contribution in [0.25, 0.3) is 0 Å². The average molecular weight is 162 g/mol. The molecule has 0 aliphatic heterocycles. The summed E-state index contributed by atoms with van der Waals surface area (Å²) in [5, 5.41) is 18.4. The van der Waals surface area contributed by atoms with E-state index in [1.165, 1.54) is 5.43 Å². The summed E-state index contributed by atoms with van der Waals surface area (Å²) in [5.41, 5.74) is 1.19. The van der Waals surface area contributed by atoms with E-state index in [1.807, 2.05) is 10.6 Å². The smallest absolute Gasteiger partial charge is 0.261 e. The Morgan fingerprint density at radius 2 is 2.00 bits per heavy atom. The molecule has 0 bridgehead atoms. The highest BCUT2D eigenvalue weighted by Gasteiger charge is 2.14. The Morgan fingerprint density at radius 1 is 1.55 bits per heavy atom. The van der Waals surface area contributed by atoms with Crippen LogP contribution < -0.4 is 5.43 Å². The molecule has 0 saturated heterocycles. The number of hydrogen-bond donors (Lipinski definition) is 2. The lowest BCUT2D eigenvalue weighted by atomic mass is 11.0. The average Bonchev–Trinajstić information content (AvgIpc) is 1.88. The minimum absolute atomic E-state index is 0.317. The summed E-state index contributed by atoms with van der Waals surface area (Å²) in [6.07, 6.45) is 0. The number of nitrogens with zero attached hydrogens (tertiary/aromatic N) is 4. The third-order valence-electron chi connectivity index (χ3n) is 0.552. The maximum absolute atomic E-state index is 9.59. The number of nitroso groups, excluding NO2 is 2. The monoisotopic (exact) mass is 162 g/mol. The van der Waals surface area contributed by atoms with E-state index >= 15 is 0 Å². The molecular formula is CH2N6O4. The van der Waals surface area contributed by atoms with Crippen molar-refractivity contribution in [3.63, 3.8) is 0 Å². The molecule has 0 rings (SSSR count). The lowest BCUT2D eigenvalue weighted by Gasteiger charge is -2.00. The second-order valence-corrected chi connectivity index (χ2v) is 1.17. The molecule has 0 aromatic carbocycles. The highest BCUT2D eigenvalue weighted by molar-refractivity contribution is 5.74. The first-order valence-corrected chi connectivity index (χ1v) is 2.08. The normalized spacial score (nSPS) is 8.00. The molecule has 0 fully saturated rings. The zero-order valence-electron chi connectivity index (χ0n) is 4.92. The fraction of sp³-hybridized carbons (Fsp3) is 0. The van der Waals surface area contributed by atoms with Crippen molar-refractivity contribution in [2.75, 3.05) is 0 Å². The molecule has 0 atom stereocenters. The van der Waals surface area contributed by atoms with Gasteiger partial charge in [-0.25, -0.2) is 10.1 Å². The Labute approximate surface area is 58.7 Å². The molecule has 0 unspecified atom stereocenters. The van der Waals surface area contributed by atoms with Crippen molar-refractivity contribution in [3.05, 3.63) is 19.9 Å². The summed E-state index contributed by atoms with van der Waals surface area (Å²) in [7, 11) is 0. The van der Waals surface area contributed by atoms with Gasteiger partial charge >= 0.3 is 5.96 Å². The van der Waals surface area contributed by atoms with Gasteiger partial charge in [0.1, 0.15) is 0 Å². The highest BCUT2D eigenvalue weighted by atomic mass is 16.7. The molecule has 11 heavy (non-hydrogen) atoms. The van der Waals surface area contributed by atoms with Crippen molar-refractivity contribution in [1.29, 1.82) is 5.41 Å². The van der Waals surface area contributed by atoms with Crippen molar-refractivity contribution >= 4 is 5.96 Å². The molecule has 0 saturated carbocycles. The van der Waals surface area contributed by atoms with Gasteiger partial charge in [-0.3, -0.25) is 5.41 Å². The zero-order valence-corrected chi connectivity index (χ0v) is 4.92. The summed E-state index contributed by atoms with van der Waals surface area (Å²) in [6, 6.07) is 0. The maximum atomic E-state index is 9.59. The molecule has 2 N–H and O–H groups in total. The minimum Gasteiger partial charge on any atom is -0.261 e. The van der Waals surface area contributed by atoms with Gasteiger partial charge < -0.3 is 0 Å². The van der Waals surface area contributed by atoms with Crippen molar-refractivity contribution in [2.45, 2.75) is 0 Å². The quantitative estimate of drug-likeness (QED) is 0.186. The van der Waals surface area contributed by atoms with Gasteiger partial charge in [-0.1, -0.05) is 5.43 Å². The van der Waals surface area contributed by atoms with Crippen LogP contribution in [0.5, 0.6) is 0 Å². The highest BCUT2D eigenvalue weighted by Crippen LogP contribution is 1.87. The maximum Gasteiger partial charge on any atom is 0.302 e. The molecule has 10 nitrogen and oxygen atoms in total. The standard InChI is InChI=1S/CH2N6O4/c2-1(3-7(10)11)6(4-8)5-9/h(H2,2,3). The van der Waals surface area contributed by atoms with E-state index in [2.05, 4.69) is 0 Å². The van der Waals surface area contributed by atoms with Crippen LogP contribution in [-0.2, 0) is 0 Å². The van der Waals surface area contributed by atoms with Crippen LogP contribution >= 0.6 is 0 Å². The van der Waals surface area contributed by atoms with Crippen LogP contribution in [-0.4, -0.2) is 16.1 Å². The number of hydrogen-bond acceptors (Lipinski definition) is 7. The predicted molar refractivity (Wildman–Crippen MR) is 31.3 cm³/mol. The fourth-order valence-corrected chi connectivity index (χ4v) is 0.228. The van der Waals surface area contributed by atoms with Gasteiger partial charge in [0.15, 0.2) is 5.03 Å². The van der Waals surface area contributed by atoms with Crippen molar-refractivity contribution in [2.24, 2.45) is 10.6 Å². The molecule has 0 aromatic rings. The van der Waals surface area contributed by atoms with E-state index in [9.17, 15) is 19.9 Å². The Morgan fingerprint density at radius 3 is 2.27 bits per heavy atom. The van der Waals surface area contributed by atoms with E-state index in [4.69, 9.17) is 5.41 Å². The summed E-state index contributed by atoms with van der Waals surface area (Å²) >= 11 is 0. The van der Waals surface area contributed by atoms with Gasteiger partial charge in [-0.05, 0) is 5.12 Å². The van der Waals surface area contributed by atoms with Gasteiger partial charge in [-0.15, -0.1) is 9.81 Å². The fourth-order valence-electron chi connectivity index (χ4n) is 0.228. The summed E-state index contributed by atoms with van der Waals surface area (Å²) < 4.78 is 0. The predicted octanol–water partition coefficient (Wildman–Crippen LogP) is -0.633. The van der Waals surface area contributed by atoms with Gasteiger partial charge in [0.25, 0.3) is 0 Å². The number of hydrazine groups is 1. The van der Waals surface area contributed by atoms with Crippen molar-refractivity contribution in [1.82, 2.24) is 10.5 Å². The Balaban J connectivity index is 4.10. The molecule has 0 spiro atoms. The van der Waals surface area contributed by atoms with Gasteiger partial charge in [0.2, 0.25) is 0 Å². The summed E-state index contributed by atoms with van der Waals surface area (Å²) in [6.45, 7) is 0. The SMILES string of the molecule is N=C(N[N+](=O)[O-])N(N=O)N=O. The second-order valence-electron chi connectivity index (χ2n) is 1.17. The lowest BCUT2D eigenvalue weighted by molar-refractivity contribution is -0.526. The second kappa shape index (κ2) is 3.81. The summed E-state index contributed by atoms with van der Waals surface area (Å²) in [4.78, 5) is 28.7. The molecule has 0 aromatic heterocycles. The molecule has 0 heterocycles. The number of nitro groups is 1. The van der Waals surface area contributed by atoms with Crippen LogP contribution in [0.3, 0.4) is 0 Å².